The Labute approximate surface area is 109 Å². The summed E-state index contributed by atoms with van der Waals surface area (Å²) in [7, 11) is 0. The minimum absolute atomic E-state index is 0.0106. The Bertz CT molecular complexity index is 446. The maximum Gasteiger partial charge on any atom is 0.329 e. The van der Waals surface area contributed by atoms with Crippen LogP contribution < -0.4 is 5.32 Å². The van der Waals surface area contributed by atoms with Crippen LogP contribution >= 0.6 is 0 Å². The summed E-state index contributed by atoms with van der Waals surface area (Å²) in [6, 6.07) is 7.51. The van der Waals surface area contributed by atoms with Crippen LogP contribution in [0.4, 0.5) is 5.69 Å². The zero-order valence-electron chi connectivity index (χ0n) is 11.1. The quantitative estimate of drug-likeness (QED) is 0.640. The van der Waals surface area contributed by atoms with E-state index in [1.165, 1.54) is 5.56 Å². The van der Waals surface area contributed by atoms with Gasteiger partial charge in [-0.15, -0.1) is 6.42 Å². The second-order valence-electron chi connectivity index (χ2n) is 4.42. The molecule has 0 aliphatic heterocycles. The van der Waals surface area contributed by atoms with E-state index in [0.29, 0.717) is 5.92 Å². The molecule has 1 aromatic carbocycles. The van der Waals surface area contributed by atoms with E-state index < -0.39 is 6.04 Å². The number of para-hydroxylation sites is 1. The molecule has 18 heavy (non-hydrogen) atoms. The number of carbonyl (C=O) groups is 1. The van der Waals surface area contributed by atoms with Crippen LogP contribution in [0.15, 0.2) is 24.3 Å². The van der Waals surface area contributed by atoms with Crippen molar-refractivity contribution in [2.45, 2.75) is 32.7 Å². The van der Waals surface area contributed by atoms with Gasteiger partial charge in [-0.2, -0.15) is 0 Å². The van der Waals surface area contributed by atoms with Crippen molar-refractivity contribution in [3.8, 4) is 12.3 Å². The van der Waals surface area contributed by atoms with Crippen LogP contribution in [0.2, 0.25) is 0 Å². The third-order valence-corrected chi connectivity index (χ3v) is 2.61. The van der Waals surface area contributed by atoms with E-state index in [4.69, 9.17) is 11.2 Å². The van der Waals surface area contributed by atoms with Gasteiger partial charge in [-0.3, -0.25) is 0 Å². The molecule has 0 saturated heterocycles. The highest BCUT2D eigenvalue weighted by Crippen LogP contribution is 2.24. The second kappa shape index (κ2) is 6.70. The van der Waals surface area contributed by atoms with Crippen molar-refractivity contribution in [3.05, 3.63) is 29.8 Å². The first kappa shape index (κ1) is 14.1. The lowest BCUT2D eigenvalue weighted by Gasteiger charge is -2.18. The molecule has 1 N–H and O–H groups in total. The average molecular weight is 245 g/mol. The largest absolute Gasteiger partial charge is 0.451 e. The summed E-state index contributed by atoms with van der Waals surface area (Å²) in [5.41, 5.74) is 2.13. The molecule has 1 rings (SSSR count). The number of benzene rings is 1. The number of anilines is 1. The van der Waals surface area contributed by atoms with Gasteiger partial charge in [0.05, 0.1) is 0 Å². The van der Waals surface area contributed by atoms with E-state index >= 15 is 0 Å². The Morgan fingerprint density at radius 2 is 2.06 bits per heavy atom. The molecule has 0 spiro atoms. The smallest absolute Gasteiger partial charge is 0.329 e. The molecule has 0 aliphatic rings. The van der Waals surface area contributed by atoms with E-state index in [0.717, 1.165) is 5.69 Å². The lowest BCUT2D eigenvalue weighted by molar-refractivity contribution is -0.142. The molecule has 3 heteroatoms. The number of rotatable bonds is 5. The highest BCUT2D eigenvalue weighted by atomic mass is 16.5. The summed E-state index contributed by atoms with van der Waals surface area (Å²) < 4.78 is 4.89. The highest BCUT2D eigenvalue weighted by Gasteiger charge is 2.15. The van der Waals surface area contributed by atoms with Gasteiger partial charge in [0.1, 0.15) is 6.04 Å². The number of hydrogen-bond acceptors (Lipinski definition) is 3. The molecule has 96 valence electrons. The molecule has 0 fully saturated rings. The molecule has 3 nitrogen and oxygen atoms in total. The fourth-order valence-corrected chi connectivity index (χ4v) is 1.66. The van der Waals surface area contributed by atoms with E-state index in [2.05, 4.69) is 25.1 Å². The Morgan fingerprint density at radius 1 is 1.39 bits per heavy atom. The summed E-state index contributed by atoms with van der Waals surface area (Å²) in [6.07, 6.45) is 5.05. The van der Waals surface area contributed by atoms with Gasteiger partial charge >= 0.3 is 5.97 Å². The molecule has 0 aliphatic carbocycles. The van der Waals surface area contributed by atoms with Gasteiger partial charge in [-0.25, -0.2) is 4.79 Å². The van der Waals surface area contributed by atoms with Gasteiger partial charge in [0, 0.05) is 5.69 Å². The predicted molar refractivity (Wildman–Crippen MR) is 73.4 cm³/mol. The molecular weight excluding hydrogens is 226 g/mol. The third-order valence-electron chi connectivity index (χ3n) is 2.61. The summed E-state index contributed by atoms with van der Waals surface area (Å²) >= 11 is 0. The SMILES string of the molecule is C#CCOC(=O)[C@H](C)Nc1ccccc1C(C)C. The molecule has 0 heterocycles. The zero-order valence-corrected chi connectivity index (χ0v) is 11.1. The van der Waals surface area contributed by atoms with E-state index in [1.807, 2.05) is 24.3 Å². The van der Waals surface area contributed by atoms with Crippen LogP contribution in [0.3, 0.4) is 0 Å². The van der Waals surface area contributed by atoms with Crippen molar-refractivity contribution in [2.24, 2.45) is 0 Å². The first-order valence-corrected chi connectivity index (χ1v) is 6.01. The minimum atomic E-state index is -0.418. The van der Waals surface area contributed by atoms with Crippen molar-refractivity contribution in [1.82, 2.24) is 0 Å². The average Bonchev–Trinajstić information content (AvgIpc) is 2.36. The Morgan fingerprint density at radius 3 is 2.67 bits per heavy atom. The summed E-state index contributed by atoms with van der Waals surface area (Å²) in [6.45, 7) is 6.00. The van der Waals surface area contributed by atoms with Crippen LogP contribution in [-0.2, 0) is 9.53 Å². The summed E-state index contributed by atoms with van der Waals surface area (Å²) in [4.78, 5) is 11.6. The monoisotopic (exact) mass is 245 g/mol. The molecule has 0 bridgehead atoms. The van der Waals surface area contributed by atoms with E-state index in [-0.39, 0.29) is 12.6 Å². The van der Waals surface area contributed by atoms with Crippen molar-refractivity contribution in [2.75, 3.05) is 11.9 Å². The maximum absolute atomic E-state index is 11.6. The zero-order chi connectivity index (χ0) is 13.5. The van der Waals surface area contributed by atoms with Crippen molar-refractivity contribution in [1.29, 1.82) is 0 Å². The predicted octanol–water partition coefficient (Wildman–Crippen LogP) is 2.79. The van der Waals surface area contributed by atoms with Crippen molar-refractivity contribution in [3.63, 3.8) is 0 Å². The van der Waals surface area contributed by atoms with Gasteiger partial charge in [0.25, 0.3) is 0 Å². The van der Waals surface area contributed by atoms with Gasteiger partial charge in [-0.05, 0) is 24.5 Å². The Balaban J connectivity index is 2.73. The number of esters is 1. The van der Waals surface area contributed by atoms with Gasteiger partial charge in [0.2, 0.25) is 0 Å². The molecule has 0 saturated carbocycles. The number of carbonyl (C=O) groups excluding carboxylic acids is 1. The fraction of sp³-hybridized carbons (Fsp3) is 0.400. The molecule has 0 unspecified atom stereocenters. The van der Waals surface area contributed by atoms with E-state index in [9.17, 15) is 4.79 Å². The van der Waals surface area contributed by atoms with Crippen LogP contribution in [0.5, 0.6) is 0 Å². The van der Waals surface area contributed by atoms with Gasteiger partial charge < -0.3 is 10.1 Å². The highest BCUT2D eigenvalue weighted by molar-refractivity contribution is 5.79. The Kier molecular flexibility index (Phi) is 5.26. The number of nitrogens with one attached hydrogen (secondary N) is 1. The minimum Gasteiger partial charge on any atom is -0.451 e. The molecule has 0 aromatic heterocycles. The van der Waals surface area contributed by atoms with Gasteiger partial charge in [-0.1, -0.05) is 38.0 Å². The van der Waals surface area contributed by atoms with E-state index in [1.54, 1.807) is 6.92 Å². The second-order valence-corrected chi connectivity index (χ2v) is 4.42. The Hall–Kier alpha value is -1.95. The maximum atomic E-state index is 11.6. The van der Waals surface area contributed by atoms with Crippen LogP contribution in [-0.4, -0.2) is 18.6 Å². The lowest BCUT2D eigenvalue weighted by atomic mass is 10.0. The molecule has 0 radical (unpaired) electrons. The standard InChI is InChI=1S/C15H19NO2/c1-5-10-18-15(17)12(4)16-14-9-7-6-8-13(14)11(2)3/h1,6-9,11-12,16H,10H2,2-4H3/t12-/m0/s1. The summed E-state index contributed by atoms with van der Waals surface area (Å²) in [5, 5.41) is 3.16. The molecular formula is C15H19NO2. The van der Waals surface area contributed by atoms with Crippen molar-refractivity contribution < 1.29 is 9.53 Å². The fourth-order valence-electron chi connectivity index (χ4n) is 1.66. The first-order valence-electron chi connectivity index (χ1n) is 6.01. The normalized spacial score (nSPS) is 11.7. The number of ether oxygens (including phenoxy) is 1. The van der Waals surface area contributed by atoms with Crippen LogP contribution in [0.25, 0.3) is 0 Å². The van der Waals surface area contributed by atoms with Crippen molar-refractivity contribution >= 4 is 11.7 Å². The topological polar surface area (TPSA) is 38.3 Å². The summed E-state index contributed by atoms with van der Waals surface area (Å²) in [5.74, 6) is 2.33. The first-order chi connectivity index (χ1) is 8.56. The molecule has 1 atom stereocenters. The molecule has 1 aromatic rings. The third kappa shape index (κ3) is 3.81. The lowest BCUT2D eigenvalue weighted by Crippen LogP contribution is -2.28. The van der Waals surface area contributed by atoms with Crippen LogP contribution in [0.1, 0.15) is 32.3 Å². The number of terminal acetylenes is 1. The molecule has 0 amide bonds. The van der Waals surface area contributed by atoms with Gasteiger partial charge in [0.15, 0.2) is 6.61 Å². The number of hydrogen-bond donors (Lipinski definition) is 1. The van der Waals surface area contributed by atoms with Crippen LogP contribution in [0, 0.1) is 12.3 Å².